The summed E-state index contributed by atoms with van der Waals surface area (Å²) in [5.41, 5.74) is 0. The number of carboxylic acids is 1. The summed E-state index contributed by atoms with van der Waals surface area (Å²) in [4.78, 5) is 14.2. The number of nitrogens with zero attached hydrogens (tertiary/aromatic N) is 2. The lowest BCUT2D eigenvalue weighted by atomic mass is 10.2. The molecule has 2 fully saturated rings. The smallest absolute Gasteiger partial charge is 0.303 e. The molecule has 0 spiro atoms. The Kier molecular flexibility index (Phi) is 17.4. The first kappa shape index (κ1) is 27.7. The van der Waals surface area contributed by atoms with Crippen LogP contribution in [0.15, 0.2) is 0 Å². The quantitative estimate of drug-likeness (QED) is 0.240. The van der Waals surface area contributed by atoms with E-state index in [1.54, 1.807) is 28.5 Å². The summed E-state index contributed by atoms with van der Waals surface area (Å²) in [5.74, 6) is 1.50. The number of hydrogen-bond acceptors (Lipinski definition) is 7. The Bertz CT molecular complexity index is 443. The minimum atomic E-state index is -0.745. The van der Waals surface area contributed by atoms with E-state index < -0.39 is 5.97 Å². The molecule has 168 valence electrons. The second-order valence-corrected chi connectivity index (χ2v) is 13.0. The van der Waals surface area contributed by atoms with Crippen molar-refractivity contribution in [1.29, 1.82) is 0 Å². The monoisotopic (exact) mass is 514 g/mol. The van der Waals surface area contributed by atoms with Crippen LogP contribution in [0, 0.1) is 0 Å². The molecule has 0 aromatic carbocycles. The highest BCUT2D eigenvalue weighted by molar-refractivity contribution is 8.85. The number of rotatable bonds is 6. The van der Waals surface area contributed by atoms with Crippen molar-refractivity contribution in [3.63, 3.8) is 0 Å². The number of thiocarbonyl (C=S) groups is 2. The Hall–Kier alpha value is 0.650. The van der Waals surface area contributed by atoms with Gasteiger partial charge in [-0.3, -0.25) is 4.79 Å². The van der Waals surface area contributed by atoms with Crippen LogP contribution in [0.25, 0.3) is 0 Å². The Morgan fingerprint density at radius 1 is 0.759 bits per heavy atom. The van der Waals surface area contributed by atoms with Gasteiger partial charge in [0.2, 0.25) is 0 Å². The second-order valence-electron chi connectivity index (χ2n) is 6.89. The van der Waals surface area contributed by atoms with Crippen molar-refractivity contribution >= 4 is 82.2 Å². The standard InChI is InChI=1S/C16H28N2S6.C3H6O2/c19-15(17-9-5-1-2-6-10-17)23-21-13-14-22-24-16(20)18-11-7-3-4-8-12-18;1-2-3(4)5/h1-14H2;2H2,1H3,(H,4,5). The first-order valence-electron chi connectivity index (χ1n) is 10.4. The Balaban J connectivity index is 0.000000749. The van der Waals surface area contributed by atoms with Crippen molar-refractivity contribution in [3.05, 3.63) is 0 Å². The summed E-state index contributed by atoms with van der Waals surface area (Å²) in [6.07, 6.45) is 10.9. The van der Waals surface area contributed by atoms with Gasteiger partial charge in [-0.05, 0) is 47.3 Å². The maximum absolute atomic E-state index is 9.37. The lowest BCUT2D eigenvalue weighted by molar-refractivity contribution is -0.136. The van der Waals surface area contributed by atoms with E-state index in [2.05, 4.69) is 9.80 Å². The molecule has 2 heterocycles. The molecule has 0 aromatic rings. The van der Waals surface area contributed by atoms with E-state index in [1.165, 1.54) is 51.4 Å². The molecule has 0 bridgehead atoms. The normalized spacial score (nSPS) is 17.6. The number of carboxylic acid groups (broad SMARTS) is 1. The molecule has 10 heteroatoms. The number of hydrogen-bond donors (Lipinski definition) is 1. The van der Waals surface area contributed by atoms with Crippen LogP contribution in [-0.4, -0.2) is 67.2 Å². The lowest BCUT2D eigenvalue weighted by Gasteiger charge is -2.22. The van der Waals surface area contributed by atoms with E-state index in [9.17, 15) is 4.79 Å². The van der Waals surface area contributed by atoms with Crippen molar-refractivity contribution in [3.8, 4) is 0 Å². The van der Waals surface area contributed by atoms with E-state index in [-0.39, 0.29) is 6.42 Å². The molecule has 2 rings (SSSR count). The topological polar surface area (TPSA) is 43.8 Å². The fraction of sp³-hybridized carbons (Fsp3) is 0.842. The highest BCUT2D eigenvalue weighted by Crippen LogP contribution is 2.31. The largest absolute Gasteiger partial charge is 0.481 e. The van der Waals surface area contributed by atoms with Crippen LogP contribution >= 0.6 is 67.6 Å². The zero-order chi connectivity index (χ0) is 21.3. The van der Waals surface area contributed by atoms with Crippen molar-refractivity contribution in [2.75, 3.05) is 37.7 Å². The number of likely N-dealkylation sites (tertiary alicyclic amines) is 2. The molecule has 2 saturated heterocycles. The van der Waals surface area contributed by atoms with Gasteiger partial charge in [-0.2, -0.15) is 0 Å². The van der Waals surface area contributed by atoms with Crippen LogP contribution in [0.1, 0.15) is 64.7 Å². The molecule has 2 aliphatic rings. The third-order valence-corrected chi connectivity index (χ3v) is 10.9. The SMILES string of the molecule is CCC(=O)O.S=C(SSCCSSC(=S)N1CCCCCC1)N1CCCCCC1. The molecule has 1 N–H and O–H groups in total. The van der Waals surface area contributed by atoms with Gasteiger partial charge >= 0.3 is 5.97 Å². The van der Waals surface area contributed by atoms with Crippen LogP contribution in [0.3, 0.4) is 0 Å². The zero-order valence-electron chi connectivity index (χ0n) is 17.3. The Morgan fingerprint density at radius 2 is 1.07 bits per heavy atom. The van der Waals surface area contributed by atoms with Crippen LogP contribution in [-0.2, 0) is 4.79 Å². The summed E-state index contributed by atoms with van der Waals surface area (Å²) < 4.78 is 2.17. The van der Waals surface area contributed by atoms with Gasteiger partial charge < -0.3 is 14.9 Å². The van der Waals surface area contributed by atoms with Crippen LogP contribution in [0.4, 0.5) is 0 Å². The van der Waals surface area contributed by atoms with Gasteiger partial charge in [-0.25, -0.2) is 0 Å². The highest BCUT2D eigenvalue weighted by atomic mass is 33.1. The molecule has 0 aromatic heterocycles. The second kappa shape index (κ2) is 18.2. The van der Waals surface area contributed by atoms with E-state index in [0.717, 1.165) is 46.3 Å². The van der Waals surface area contributed by atoms with Crippen LogP contribution in [0.2, 0.25) is 0 Å². The van der Waals surface area contributed by atoms with Crippen molar-refractivity contribution in [2.24, 2.45) is 0 Å². The average molecular weight is 515 g/mol. The fourth-order valence-corrected chi connectivity index (χ4v) is 8.55. The van der Waals surface area contributed by atoms with Gasteiger partial charge in [0.15, 0.2) is 0 Å². The Labute approximate surface area is 203 Å². The third-order valence-electron chi connectivity index (χ3n) is 4.54. The van der Waals surface area contributed by atoms with Crippen LogP contribution in [0.5, 0.6) is 0 Å². The van der Waals surface area contributed by atoms with E-state index >= 15 is 0 Å². The molecule has 0 unspecified atom stereocenters. The highest BCUT2D eigenvalue weighted by Gasteiger charge is 2.14. The van der Waals surface area contributed by atoms with Gasteiger partial charge in [0.25, 0.3) is 0 Å². The summed E-state index contributed by atoms with van der Waals surface area (Å²) >= 11 is 11.2. The molecule has 0 atom stereocenters. The molecule has 0 saturated carbocycles. The third kappa shape index (κ3) is 14.4. The van der Waals surface area contributed by atoms with Gasteiger partial charge in [-0.15, -0.1) is 0 Å². The van der Waals surface area contributed by atoms with Gasteiger partial charge in [-0.1, -0.05) is 78.6 Å². The van der Waals surface area contributed by atoms with Gasteiger partial charge in [0, 0.05) is 44.1 Å². The fourth-order valence-electron chi connectivity index (χ4n) is 2.86. The first-order chi connectivity index (χ1) is 14.0. The zero-order valence-corrected chi connectivity index (χ0v) is 22.2. The maximum atomic E-state index is 9.37. The summed E-state index contributed by atoms with van der Waals surface area (Å²) in [5, 5.41) is 7.72. The summed E-state index contributed by atoms with van der Waals surface area (Å²) in [6, 6.07) is 0. The van der Waals surface area contributed by atoms with E-state index in [0.29, 0.717) is 0 Å². The summed E-state index contributed by atoms with van der Waals surface area (Å²) in [6.45, 7) is 6.22. The molecule has 0 amide bonds. The van der Waals surface area contributed by atoms with Crippen molar-refractivity contribution < 1.29 is 9.90 Å². The van der Waals surface area contributed by atoms with Crippen LogP contribution < -0.4 is 0 Å². The minimum absolute atomic E-state index is 0.222. The Morgan fingerprint density at radius 3 is 1.34 bits per heavy atom. The van der Waals surface area contributed by atoms with Gasteiger partial charge in [0.05, 0.1) is 0 Å². The molecule has 29 heavy (non-hydrogen) atoms. The molecule has 2 aliphatic heterocycles. The predicted octanol–water partition coefficient (Wildman–Crippen LogP) is 6.55. The van der Waals surface area contributed by atoms with Gasteiger partial charge in [0.1, 0.15) is 8.64 Å². The minimum Gasteiger partial charge on any atom is -0.481 e. The molecule has 0 radical (unpaired) electrons. The lowest BCUT2D eigenvalue weighted by Crippen LogP contribution is -2.27. The number of carbonyl (C=O) groups is 1. The molecular weight excluding hydrogens is 481 g/mol. The molecular formula is C19H34N2O2S6. The molecule has 0 aliphatic carbocycles. The average Bonchev–Trinajstić information content (AvgIpc) is 3.16. The molecule has 4 nitrogen and oxygen atoms in total. The first-order valence-corrected chi connectivity index (χ1v) is 15.9. The predicted molar refractivity (Wildman–Crippen MR) is 143 cm³/mol. The van der Waals surface area contributed by atoms with E-state index in [4.69, 9.17) is 29.5 Å². The van der Waals surface area contributed by atoms with Crippen molar-refractivity contribution in [2.45, 2.75) is 64.7 Å². The maximum Gasteiger partial charge on any atom is 0.303 e. The van der Waals surface area contributed by atoms with Crippen molar-refractivity contribution in [1.82, 2.24) is 9.80 Å². The number of aliphatic carboxylic acids is 1. The van der Waals surface area contributed by atoms with E-state index in [1.807, 2.05) is 21.6 Å². The summed E-state index contributed by atoms with van der Waals surface area (Å²) in [7, 11) is 7.37.